The van der Waals surface area contributed by atoms with E-state index in [9.17, 15) is 9.59 Å². The summed E-state index contributed by atoms with van der Waals surface area (Å²) in [6, 6.07) is 13.6. The van der Waals surface area contributed by atoms with E-state index in [1.54, 1.807) is 12.1 Å². The highest BCUT2D eigenvalue weighted by Crippen LogP contribution is 2.46. The van der Waals surface area contributed by atoms with Gasteiger partial charge in [-0.25, -0.2) is 4.79 Å². The summed E-state index contributed by atoms with van der Waals surface area (Å²) in [5.41, 5.74) is 3.16. The van der Waals surface area contributed by atoms with Crippen LogP contribution in [0.2, 0.25) is 0 Å². The summed E-state index contributed by atoms with van der Waals surface area (Å²) in [7, 11) is 2.08. The Balaban J connectivity index is 1.52. The lowest BCUT2D eigenvalue weighted by Crippen LogP contribution is -2.55. The molecule has 1 amide bonds. The van der Waals surface area contributed by atoms with E-state index in [4.69, 9.17) is 9.84 Å². The Morgan fingerprint density at radius 3 is 2.51 bits per heavy atom. The first-order chi connectivity index (χ1) is 16.4. The van der Waals surface area contributed by atoms with Crippen LogP contribution in [0, 0.1) is 5.41 Å². The SMILES string of the molecule is CN1CCN(C(=O)C(C)(C)Nc2cccc(C3Nc4ccc(OC(=O)O)cc4CC3(C)C)c2)CC1. The maximum absolute atomic E-state index is 13.2. The van der Waals surface area contributed by atoms with E-state index in [1.807, 2.05) is 36.9 Å². The summed E-state index contributed by atoms with van der Waals surface area (Å²) >= 11 is 0. The van der Waals surface area contributed by atoms with Crippen LogP contribution in [0.4, 0.5) is 16.2 Å². The Kier molecular flexibility index (Phi) is 6.68. The molecule has 0 spiro atoms. The molecule has 1 saturated heterocycles. The Hall–Kier alpha value is -3.26. The standard InChI is InChI=1S/C27H36N4O4/c1-26(2)17-19-16-21(35-25(33)34)9-10-22(19)28-23(26)18-7-6-8-20(15-18)29-27(3,4)24(32)31-13-11-30(5)12-14-31/h6-10,15-16,23,28-29H,11-14,17H2,1-5H3,(H,33,34). The fourth-order valence-electron chi connectivity index (χ4n) is 5.11. The topological polar surface area (TPSA) is 94.1 Å². The molecule has 2 aliphatic heterocycles. The quantitative estimate of drug-likeness (QED) is 0.430. The predicted octanol–water partition coefficient (Wildman–Crippen LogP) is 4.44. The summed E-state index contributed by atoms with van der Waals surface area (Å²) in [5.74, 6) is 0.436. The molecule has 35 heavy (non-hydrogen) atoms. The van der Waals surface area contributed by atoms with Crippen molar-refractivity contribution < 1.29 is 19.4 Å². The lowest BCUT2D eigenvalue weighted by atomic mass is 9.73. The van der Waals surface area contributed by atoms with Crippen molar-refractivity contribution >= 4 is 23.4 Å². The largest absolute Gasteiger partial charge is 0.511 e. The Morgan fingerprint density at radius 2 is 1.83 bits per heavy atom. The molecule has 0 aromatic heterocycles. The predicted molar refractivity (Wildman–Crippen MR) is 137 cm³/mol. The normalized spacial score (nSPS) is 19.9. The first-order valence-electron chi connectivity index (χ1n) is 12.1. The lowest BCUT2D eigenvalue weighted by molar-refractivity contribution is -0.136. The molecule has 2 aromatic rings. The van der Waals surface area contributed by atoms with Crippen molar-refractivity contribution in [3.05, 3.63) is 53.6 Å². The van der Waals surface area contributed by atoms with Crippen LogP contribution in [0.15, 0.2) is 42.5 Å². The number of hydrogen-bond donors (Lipinski definition) is 3. The van der Waals surface area contributed by atoms with Gasteiger partial charge in [0.2, 0.25) is 5.91 Å². The summed E-state index contributed by atoms with van der Waals surface area (Å²) in [5, 5.41) is 16.0. The minimum absolute atomic E-state index is 0.0411. The third-order valence-corrected chi connectivity index (χ3v) is 7.01. The van der Waals surface area contributed by atoms with Gasteiger partial charge in [-0.05, 0) is 74.2 Å². The number of benzene rings is 2. The van der Waals surface area contributed by atoms with Gasteiger partial charge in [-0.2, -0.15) is 0 Å². The van der Waals surface area contributed by atoms with Gasteiger partial charge in [-0.1, -0.05) is 26.0 Å². The number of carbonyl (C=O) groups is 2. The molecule has 0 saturated carbocycles. The van der Waals surface area contributed by atoms with E-state index in [0.29, 0.717) is 5.75 Å². The Bertz CT molecular complexity index is 1110. The zero-order chi connectivity index (χ0) is 25.4. The number of nitrogens with one attached hydrogen (secondary N) is 2. The van der Waals surface area contributed by atoms with E-state index >= 15 is 0 Å². The number of ether oxygens (including phenoxy) is 1. The molecule has 1 unspecified atom stereocenters. The van der Waals surface area contributed by atoms with Crippen LogP contribution in [-0.4, -0.2) is 65.7 Å². The van der Waals surface area contributed by atoms with Crippen molar-refractivity contribution in [3.8, 4) is 5.75 Å². The smallest absolute Gasteiger partial charge is 0.449 e. The number of fused-ring (bicyclic) bond motifs is 1. The molecule has 8 heteroatoms. The molecule has 2 aromatic carbocycles. The molecule has 2 heterocycles. The van der Waals surface area contributed by atoms with Crippen molar-refractivity contribution in [2.45, 2.75) is 45.7 Å². The fourth-order valence-corrected chi connectivity index (χ4v) is 5.11. The van der Waals surface area contributed by atoms with Gasteiger partial charge in [0.1, 0.15) is 11.3 Å². The van der Waals surface area contributed by atoms with E-state index in [1.165, 1.54) is 0 Å². The van der Waals surface area contributed by atoms with Crippen LogP contribution in [0.25, 0.3) is 0 Å². The minimum Gasteiger partial charge on any atom is -0.449 e. The second-order valence-corrected chi connectivity index (χ2v) is 10.9. The number of rotatable bonds is 5. The van der Waals surface area contributed by atoms with Crippen molar-refractivity contribution in [2.24, 2.45) is 5.41 Å². The number of carbonyl (C=O) groups excluding carboxylic acids is 1. The molecule has 3 N–H and O–H groups in total. The van der Waals surface area contributed by atoms with Gasteiger partial charge < -0.3 is 30.3 Å². The first kappa shape index (κ1) is 24.9. The maximum Gasteiger partial charge on any atom is 0.511 e. The van der Waals surface area contributed by atoms with Gasteiger partial charge >= 0.3 is 6.16 Å². The lowest BCUT2D eigenvalue weighted by Gasteiger charge is -2.41. The average molecular weight is 481 g/mol. The molecular formula is C27H36N4O4. The monoisotopic (exact) mass is 480 g/mol. The second-order valence-electron chi connectivity index (χ2n) is 10.9. The van der Waals surface area contributed by atoms with Gasteiger partial charge in [0, 0.05) is 37.6 Å². The van der Waals surface area contributed by atoms with Gasteiger partial charge in [0.15, 0.2) is 0 Å². The molecule has 0 radical (unpaired) electrons. The van der Waals surface area contributed by atoms with Gasteiger partial charge in [0.25, 0.3) is 0 Å². The summed E-state index contributed by atoms with van der Waals surface area (Å²) < 4.78 is 4.84. The van der Waals surface area contributed by atoms with Crippen LogP contribution in [-0.2, 0) is 11.2 Å². The van der Waals surface area contributed by atoms with E-state index < -0.39 is 11.7 Å². The molecule has 0 bridgehead atoms. The number of carboxylic acid groups (broad SMARTS) is 1. The summed E-state index contributed by atoms with van der Waals surface area (Å²) in [4.78, 5) is 28.3. The highest BCUT2D eigenvalue weighted by molar-refractivity contribution is 5.88. The van der Waals surface area contributed by atoms with E-state index in [-0.39, 0.29) is 17.4 Å². The average Bonchev–Trinajstić information content (AvgIpc) is 2.77. The van der Waals surface area contributed by atoms with Gasteiger partial charge in [-0.15, -0.1) is 0 Å². The molecule has 8 nitrogen and oxygen atoms in total. The van der Waals surface area contributed by atoms with Crippen molar-refractivity contribution in [2.75, 3.05) is 43.9 Å². The molecule has 1 atom stereocenters. The number of piperazine rings is 1. The number of anilines is 2. The number of amides is 1. The van der Waals surface area contributed by atoms with Crippen molar-refractivity contribution in [3.63, 3.8) is 0 Å². The molecule has 0 aliphatic carbocycles. The van der Waals surface area contributed by atoms with Crippen LogP contribution in [0.1, 0.15) is 44.9 Å². The van der Waals surface area contributed by atoms with Gasteiger partial charge in [0.05, 0.1) is 6.04 Å². The molecule has 2 aliphatic rings. The third kappa shape index (κ3) is 5.53. The molecular weight excluding hydrogens is 444 g/mol. The van der Waals surface area contributed by atoms with Crippen LogP contribution < -0.4 is 15.4 Å². The zero-order valence-electron chi connectivity index (χ0n) is 21.2. The second kappa shape index (κ2) is 9.41. The van der Waals surface area contributed by atoms with E-state index in [0.717, 1.165) is 55.1 Å². The Labute approximate surface area is 207 Å². The Morgan fingerprint density at radius 1 is 1.11 bits per heavy atom. The zero-order valence-corrected chi connectivity index (χ0v) is 21.2. The summed E-state index contributed by atoms with van der Waals surface area (Å²) in [6.07, 6.45) is -0.550. The number of hydrogen-bond acceptors (Lipinski definition) is 6. The maximum atomic E-state index is 13.2. The van der Waals surface area contributed by atoms with E-state index in [2.05, 4.69) is 48.6 Å². The third-order valence-electron chi connectivity index (χ3n) is 7.01. The number of likely N-dealkylation sites (N-methyl/N-ethyl adjacent to an activating group) is 1. The van der Waals surface area contributed by atoms with Crippen LogP contribution >= 0.6 is 0 Å². The number of nitrogens with zero attached hydrogens (tertiary/aromatic N) is 2. The fraction of sp³-hybridized carbons (Fsp3) is 0.481. The minimum atomic E-state index is -1.32. The van der Waals surface area contributed by atoms with Crippen molar-refractivity contribution in [1.82, 2.24) is 9.80 Å². The molecule has 4 rings (SSSR count). The summed E-state index contributed by atoms with van der Waals surface area (Å²) in [6.45, 7) is 11.6. The molecule has 188 valence electrons. The highest BCUT2D eigenvalue weighted by atomic mass is 16.7. The first-order valence-corrected chi connectivity index (χ1v) is 12.1. The van der Waals surface area contributed by atoms with Gasteiger partial charge in [-0.3, -0.25) is 4.79 Å². The van der Waals surface area contributed by atoms with Crippen LogP contribution in [0.5, 0.6) is 5.75 Å². The van der Waals surface area contributed by atoms with Crippen molar-refractivity contribution in [1.29, 1.82) is 0 Å². The van der Waals surface area contributed by atoms with Crippen LogP contribution in [0.3, 0.4) is 0 Å². The highest BCUT2D eigenvalue weighted by Gasteiger charge is 2.37. The molecule has 1 fully saturated rings.